The number of anilines is 1. The molecule has 2 aliphatic heterocycles. The van der Waals surface area contributed by atoms with E-state index in [0.717, 1.165) is 38.3 Å². The van der Waals surface area contributed by atoms with Crippen LogP contribution in [-0.2, 0) is 22.4 Å². The van der Waals surface area contributed by atoms with Gasteiger partial charge in [0.1, 0.15) is 12.1 Å². The van der Waals surface area contributed by atoms with Crippen LogP contribution in [0, 0.1) is 0 Å². The lowest BCUT2D eigenvalue weighted by molar-refractivity contribution is -0.193. The second-order valence-corrected chi connectivity index (χ2v) is 8.13. The van der Waals surface area contributed by atoms with Gasteiger partial charge in [0, 0.05) is 51.8 Å². The quantitative estimate of drug-likeness (QED) is 0.555. The Morgan fingerprint density at radius 1 is 0.889 bits per heavy atom. The molecule has 1 saturated heterocycles. The summed E-state index contributed by atoms with van der Waals surface area (Å²) in [6.45, 7) is 10.4. The predicted octanol–water partition coefficient (Wildman–Crippen LogP) is 2.70. The highest BCUT2D eigenvalue weighted by molar-refractivity contribution is 5.73. The third kappa shape index (κ3) is 10.9. The minimum atomic E-state index is -5.08. The normalized spacial score (nSPS) is 16.6. The molecule has 3 heterocycles. The summed E-state index contributed by atoms with van der Waals surface area (Å²) in [5, 5.41) is 14.2. The number of likely N-dealkylation sites (tertiary alicyclic amines) is 1. The third-order valence-electron chi connectivity index (χ3n) is 5.61. The van der Waals surface area contributed by atoms with Crippen LogP contribution < -0.4 is 4.90 Å². The van der Waals surface area contributed by atoms with Crippen molar-refractivity contribution >= 4 is 17.8 Å². The number of carboxylic acid groups (broad SMARTS) is 2. The summed E-state index contributed by atoms with van der Waals surface area (Å²) >= 11 is 0. The molecule has 2 N–H and O–H groups in total. The van der Waals surface area contributed by atoms with Crippen LogP contribution >= 0.6 is 0 Å². The fourth-order valence-corrected chi connectivity index (χ4v) is 3.55. The summed E-state index contributed by atoms with van der Waals surface area (Å²) in [5.41, 5.74) is 2.63. The number of fused-ring (bicyclic) bond motifs is 1. The van der Waals surface area contributed by atoms with E-state index < -0.39 is 24.3 Å². The lowest BCUT2D eigenvalue weighted by atomic mass is 10.1. The lowest BCUT2D eigenvalue weighted by Crippen LogP contribution is -2.35. The van der Waals surface area contributed by atoms with Gasteiger partial charge < -0.3 is 24.9 Å². The number of alkyl halides is 6. The molecule has 0 saturated carbocycles. The van der Waals surface area contributed by atoms with Crippen LogP contribution in [0.3, 0.4) is 0 Å². The van der Waals surface area contributed by atoms with E-state index in [2.05, 4.69) is 38.6 Å². The molecule has 0 amide bonds. The largest absolute Gasteiger partial charge is 0.490 e. The van der Waals surface area contributed by atoms with Crippen LogP contribution in [0.5, 0.6) is 0 Å². The van der Waals surface area contributed by atoms with E-state index in [1.54, 1.807) is 6.33 Å². The Balaban J connectivity index is 0.000000383. The van der Waals surface area contributed by atoms with E-state index in [1.165, 1.54) is 50.3 Å². The number of carboxylic acids is 2. The van der Waals surface area contributed by atoms with Crippen molar-refractivity contribution in [3.8, 4) is 0 Å². The average Bonchev–Trinajstić information content (AvgIpc) is 3.22. The molecule has 1 aromatic rings. The van der Waals surface area contributed by atoms with Crippen molar-refractivity contribution in [1.29, 1.82) is 0 Å². The maximum Gasteiger partial charge on any atom is 0.490 e. The van der Waals surface area contributed by atoms with E-state index in [9.17, 15) is 26.3 Å². The summed E-state index contributed by atoms with van der Waals surface area (Å²) < 4.78 is 63.5. The molecule has 0 radical (unpaired) electrons. The fraction of sp³-hybridized carbons (Fsp3) is 0.714. The summed E-state index contributed by atoms with van der Waals surface area (Å²) in [6.07, 6.45) is -3.53. The van der Waals surface area contributed by atoms with E-state index in [4.69, 9.17) is 19.8 Å². The van der Waals surface area contributed by atoms with E-state index in [1.807, 2.05) is 0 Å². The van der Waals surface area contributed by atoms with Crippen molar-refractivity contribution in [3.05, 3.63) is 17.6 Å². The molecule has 0 unspecified atom stereocenters. The molecule has 0 atom stereocenters. The Bertz CT molecular complexity index is 823. The Morgan fingerprint density at radius 2 is 1.33 bits per heavy atom. The monoisotopic (exact) mass is 531 g/mol. The number of hydrogen-bond donors (Lipinski definition) is 2. The number of aromatic nitrogens is 2. The van der Waals surface area contributed by atoms with Gasteiger partial charge in [-0.15, -0.1) is 0 Å². The molecule has 0 aliphatic carbocycles. The number of hydrogen-bond acceptors (Lipinski definition) is 7. The Morgan fingerprint density at radius 3 is 1.78 bits per heavy atom. The molecule has 2 aliphatic rings. The molecule has 9 nitrogen and oxygen atoms in total. The molecule has 1 fully saturated rings. The van der Waals surface area contributed by atoms with Crippen molar-refractivity contribution in [2.75, 3.05) is 57.8 Å². The van der Waals surface area contributed by atoms with E-state index in [0.29, 0.717) is 0 Å². The lowest BCUT2D eigenvalue weighted by Gasteiger charge is -2.23. The van der Waals surface area contributed by atoms with Crippen LogP contribution in [0.15, 0.2) is 6.33 Å². The first kappa shape index (κ1) is 31.4. The minimum Gasteiger partial charge on any atom is -0.475 e. The molecular weight excluding hydrogens is 500 g/mol. The molecule has 0 bridgehead atoms. The van der Waals surface area contributed by atoms with Gasteiger partial charge in [0.25, 0.3) is 0 Å². The maximum atomic E-state index is 10.6. The first-order valence-corrected chi connectivity index (χ1v) is 11.3. The van der Waals surface area contributed by atoms with Gasteiger partial charge in [-0.1, -0.05) is 0 Å². The Kier molecular flexibility index (Phi) is 12.3. The maximum absolute atomic E-state index is 10.6. The van der Waals surface area contributed by atoms with Crippen molar-refractivity contribution < 1.29 is 46.1 Å². The number of carbonyl (C=O) groups is 2. The highest BCUT2D eigenvalue weighted by Gasteiger charge is 2.38. The number of rotatable bonds is 5. The van der Waals surface area contributed by atoms with E-state index in [-0.39, 0.29) is 0 Å². The molecular formula is C21H31F6N5O4. The Labute approximate surface area is 204 Å². The summed E-state index contributed by atoms with van der Waals surface area (Å²) in [4.78, 5) is 34.3. The van der Waals surface area contributed by atoms with Gasteiger partial charge in [-0.2, -0.15) is 26.3 Å². The number of aliphatic carboxylic acids is 2. The smallest absolute Gasteiger partial charge is 0.475 e. The van der Waals surface area contributed by atoms with Gasteiger partial charge in [0.05, 0.1) is 5.69 Å². The third-order valence-corrected chi connectivity index (χ3v) is 5.61. The first-order valence-electron chi connectivity index (χ1n) is 11.3. The highest BCUT2D eigenvalue weighted by atomic mass is 19.4. The minimum absolute atomic E-state index is 0.988. The molecule has 1 aromatic heterocycles. The number of halogens is 6. The standard InChI is InChI=1S/C17H29N5.2C2HF3O2/c1-3-20(2)17-15-6-10-22(11-7-16(15)18-14-19-17)13-12-21-8-4-5-9-21;2*3-2(4,5)1(6)7/h14H,3-13H2,1-2H3;2*(H,6,7). The van der Waals surface area contributed by atoms with Gasteiger partial charge in [0.2, 0.25) is 0 Å². The molecule has 206 valence electrons. The van der Waals surface area contributed by atoms with Gasteiger partial charge in [0.15, 0.2) is 0 Å². The molecule has 3 rings (SSSR count). The Hall–Kier alpha value is -2.68. The van der Waals surface area contributed by atoms with Crippen LogP contribution in [0.2, 0.25) is 0 Å². The van der Waals surface area contributed by atoms with Crippen molar-refractivity contribution in [2.24, 2.45) is 0 Å². The summed E-state index contributed by atoms with van der Waals surface area (Å²) in [7, 11) is 2.12. The topological polar surface area (TPSA) is 110 Å². The molecule has 0 aromatic carbocycles. The van der Waals surface area contributed by atoms with Crippen molar-refractivity contribution in [2.45, 2.75) is 45.0 Å². The summed E-state index contributed by atoms with van der Waals surface area (Å²) in [5.74, 6) is -4.38. The predicted molar refractivity (Wildman–Crippen MR) is 118 cm³/mol. The van der Waals surface area contributed by atoms with Gasteiger partial charge in [-0.3, -0.25) is 0 Å². The van der Waals surface area contributed by atoms with Crippen LogP contribution in [0.4, 0.5) is 32.2 Å². The average molecular weight is 531 g/mol. The van der Waals surface area contributed by atoms with Gasteiger partial charge in [-0.05, 0) is 39.3 Å². The molecule has 36 heavy (non-hydrogen) atoms. The molecule has 0 spiro atoms. The van der Waals surface area contributed by atoms with Gasteiger partial charge >= 0.3 is 24.3 Å². The van der Waals surface area contributed by atoms with Crippen LogP contribution in [0.25, 0.3) is 0 Å². The zero-order valence-corrected chi connectivity index (χ0v) is 20.1. The first-order chi connectivity index (χ1) is 16.7. The fourth-order valence-electron chi connectivity index (χ4n) is 3.55. The zero-order chi connectivity index (χ0) is 27.5. The van der Waals surface area contributed by atoms with Gasteiger partial charge in [-0.25, -0.2) is 19.6 Å². The molecule has 15 heteroatoms. The van der Waals surface area contributed by atoms with Crippen LogP contribution in [-0.4, -0.2) is 107 Å². The second kappa shape index (κ2) is 14.2. The van der Waals surface area contributed by atoms with E-state index >= 15 is 0 Å². The second-order valence-electron chi connectivity index (χ2n) is 8.13. The number of nitrogens with zero attached hydrogens (tertiary/aromatic N) is 5. The summed E-state index contributed by atoms with van der Waals surface area (Å²) in [6, 6.07) is 0. The zero-order valence-electron chi connectivity index (χ0n) is 20.1. The SMILES string of the molecule is CCN(C)c1ncnc2c1CCN(CCN1CCCC1)CC2.O=C(O)C(F)(F)F.O=C(O)C(F)(F)F. The van der Waals surface area contributed by atoms with Crippen molar-refractivity contribution in [3.63, 3.8) is 0 Å². The van der Waals surface area contributed by atoms with Crippen LogP contribution in [0.1, 0.15) is 31.0 Å². The highest BCUT2D eigenvalue weighted by Crippen LogP contribution is 2.23. The van der Waals surface area contributed by atoms with Crippen molar-refractivity contribution in [1.82, 2.24) is 19.8 Å².